The molecule has 3 nitrogen and oxygen atoms in total. The summed E-state index contributed by atoms with van der Waals surface area (Å²) < 4.78 is 0. The molecule has 4 rings (SSSR count). The lowest BCUT2D eigenvalue weighted by Gasteiger charge is -2.40. The fourth-order valence-electron chi connectivity index (χ4n) is 4.02. The number of fused-ring (bicyclic) bond motifs is 2. The van der Waals surface area contributed by atoms with Crippen molar-refractivity contribution < 1.29 is 0 Å². The Labute approximate surface area is 115 Å². The highest BCUT2D eigenvalue weighted by Crippen LogP contribution is 2.30. The third-order valence-electron chi connectivity index (χ3n) is 5.04. The van der Waals surface area contributed by atoms with Crippen LogP contribution in [0.4, 0.5) is 5.69 Å². The predicted molar refractivity (Wildman–Crippen MR) is 78.7 cm³/mol. The highest BCUT2D eigenvalue weighted by atomic mass is 15.3. The number of rotatable bonds is 1. The third kappa shape index (κ3) is 2.05. The Hall–Kier alpha value is -1.06. The second kappa shape index (κ2) is 4.80. The van der Waals surface area contributed by atoms with Gasteiger partial charge in [0.05, 0.1) is 0 Å². The number of anilines is 1. The van der Waals surface area contributed by atoms with Crippen LogP contribution in [0.25, 0.3) is 0 Å². The van der Waals surface area contributed by atoms with Crippen molar-refractivity contribution in [2.75, 3.05) is 37.6 Å². The van der Waals surface area contributed by atoms with Gasteiger partial charge in [-0.25, -0.2) is 0 Å². The molecule has 1 N–H and O–H groups in total. The number of nitrogens with one attached hydrogen (secondary N) is 1. The molecule has 0 amide bonds. The summed E-state index contributed by atoms with van der Waals surface area (Å²) in [6.45, 7) is 7.21. The Morgan fingerprint density at radius 3 is 3.16 bits per heavy atom. The first-order chi connectivity index (χ1) is 9.42. The lowest BCUT2D eigenvalue weighted by molar-refractivity contribution is 0.231. The van der Waals surface area contributed by atoms with Crippen LogP contribution in [0.15, 0.2) is 18.2 Å². The molecule has 0 saturated carbocycles. The van der Waals surface area contributed by atoms with Crippen LogP contribution in [0.2, 0.25) is 0 Å². The van der Waals surface area contributed by atoms with Gasteiger partial charge in [-0.2, -0.15) is 0 Å². The van der Waals surface area contributed by atoms with Gasteiger partial charge in [-0.3, -0.25) is 4.90 Å². The largest absolute Gasteiger partial charge is 0.368 e. The van der Waals surface area contributed by atoms with E-state index < -0.39 is 0 Å². The molecule has 1 atom stereocenters. The van der Waals surface area contributed by atoms with Gasteiger partial charge in [0, 0.05) is 37.9 Å². The van der Waals surface area contributed by atoms with Gasteiger partial charge in [0.2, 0.25) is 0 Å². The predicted octanol–water partition coefficient (Wildman–Crippen LogP) is 1.62. The van der Waals surface area contributed by atoms with E-state index in [0.717, 1.165) is 19.1 Å². The van der Waals surface area contributed by atoms with E-state index >= 15 is 0 Å². The minimum atomic E-state index is 0.811. The van der Waals surface area contributed by atoms with Gasteiger partial charge < -0.3 is 10.2 Å². The topological polar surface area (TPSA) is 18.5 Å². The number of hydrogen-bond donors (Lipinski definition) is 1. The molecule has 0 unspecified atom stereocenters. The summed E-state index contributed by atoms with van der Waals surface area (Å²) in [4.78, 5) is 5.34. The summed E-state index contributed by atoms with van der Waals surface area (Å²) in [5, 5.41) is 3.48. The summed E-state index contributed by atoms with van der Waals surface area (Å²) >= 11 is 0. The van der Waals surface area contributed by atoms with E-state index in [9.17, 15) is 0 Å². The molecule has 2 fully saturated rings. The molecule has 1 aromatic carbocycles. The Balaban J connectivity index is 1.62. The smallest absolute Gasteiger partial charge is 0.0403 e. The number of nitrogens with zero attached hydrogens (tertiary/aromatic N) is 2. The summed E-state index contributed by atoms with van der Waals surface area (Å²) in [7, 11) is 0. The molecule has 3 heterocycles. The van der Waals surface area contributed by atoms with Crippen molar-refractivity contribution in [1.29, 1.82) is 0 Å². The van der Waals surface area contributed by atoms with Gasteiger partial charge in [0.15, 0.2) is 0 Å². The van der Waals surface area contributed by atoms with E-state index in [1.807, 2.05) is 0 Å². The number of piperazine rings is 1. The zero-order chi connectivity index (χ0) is 12.7. The van der Waals surface area contributed by atoms with E-state index in [4.69, 9.17) is 0 Å². The highest BCUT2D eigenvalue weighted by Gasteiger charge is 2.31. The Morgan fingerprint density at radius 1 is 1.16 bits per heavy atom. The maximum absolute atomic E-state index is 3.48. The zero-order valence-electron chi connectivity index (χ0n) is 11.6. The first kappa shape index (κ1) is 11.7. The van der Waals surface area contributed by atoms with Crippen LogP contribution in [0.3, 0.4) is 0 Å². The number of hydrogen-bond acceptors (Lipinski definition) is 3. The molecular weight excluding hydrogens is 234 g/mol. The van der Waals surface area contributed by atoms with Crippen molar-refractivity contribution in [3.05, 3.63) is 29.3 Å². The fraction of sp³-hybridized carbons (Fsp3) is 0.625. The van der Waals surface area contributed by atoms with Crippen LogP contribution < -0.4 is 10.2 Å². The van der Waals surface area contributed by atoms with Gasteiger partial charge in [0.25, 0.3) is 0 Å². The lowest BCUT2D eigenvalue weighted by atomic mass is 9.97. The van der Waals surface area contributed by atoms with Crippen molar-refractivity contribution in [2.24, 2.45) is 0 Å². The van der Waals surface area contributed by atoms with Gasteiger partial charge in [-0.1, -0.05) is 12.1 Å². The molecule has 1 aromatic rings. The van der Waals surface area contributed by atoms with E-state index in [1.54, 1.807) is 5.56 Å². The molecule has 0 spiro atoms. The van der Waals surface area contributed by atoms with Gasteiger partial charge >= 0.3 is 0 Å². The SMILES string of the molecule is c1cc2c(c(N3CCN4CCC[C@@H]4C3)c1)CCNC2. The third-order valence-corrected chi connectivity index (χ3v) is 5.04. The van der Waals surface area contributed by atoms with E-state index in [-0.39, 0.29) is 0 Å². The van der Waals surface area contributed by atoms with Crippen LogP contribution >= 0.6 is 0 Å². The molecule has 0 bridgehead atoms. The van der Waals surface area contributed by atoms with E-state index in [1.165, 1.54) is 56.7 Å². The maximum Gasteiger partial charge on any atom is 0.0403 e. The monoisotopic (exact) mass is 257 g/mol. The molecule has 3 heteroatoms. The Kier molecular flexibility index (Phi) is 2.97. The normalized spacial score (nSPS) is 27.2. The Bertz CT molecular complexity index is 471. The van der Waals surface area contributed by atoms with E-state index in [0.29, 0.717) is 0 Å². The quantitative estimate of drug-likeness (QED) is 0.825. The van der Waals surface area contributed by atoms with Crippen LogP contribution in [-0.4, -0.2) is 43.7 Å². The van der Waals surface area contributed by atoms with Gasteiger partial charge in [0.1, 0.15) is 0 Å². The summed E-state index contributed by atoms with van der Waals surface area (Å²) in [5.74, 6) is 0. The fourth-order valence-corrected chi connectivity index (χ4v) is 4.02. The molecule has 3 aliphatic rings. The lowest BCUT2D eigenvalue weighted by Crippen LogP contribution is -2.50. The molecule has 0 radical (unpaired) electrons. The minimum absolute atomic E-state index is 0.811. The highest BCUT2D eigenvalue weighted by molar-refractivity contribution is 5.58. The first-order valence-corrected chi connectivity index (χ1v) is 7.72. The van der Waals surface area contributed by atoms with Crippen molar-refractivity contribution in [3.8, 4) is 0 Å². The summed E-state index contributed by atoms with van der Waals surface area (Å²) in [6.07, 6.45) is 3.98. The van der Waals surface area contributed by atoms with Crippen LogP contribution in [0.5, 0.6) is 0 Å². The van der Waals surface area contributed by atoms with Crippen molar-refractivity contribution in [1.82, 2.24) is 10.2 Å². The maximum atomic E-state index is 3.48. The molecule has 0 aromatic heterocycles. The van der Waals surface area contributed by atoms with Crippen LogP contribution in [0, 0.1) is 0 Å². The second-order valence-electron chi connectivity index (χ2n) is 6.12. The van der Waals surface area contributed by atoms with Crippen LogP contribution in [-0.2, 0) is 13.0 Å². The van der Waals surface area contributed by atoms with Crippen LogP contribution in [0.1, 0.15) is 24.0 Å². The van der Waals surface area contributed by atoms with Crippen molar-refractivity contribution in [3.63, 3.8) is 0 Å². The summed E-state index contributed by atoms with van der Waals surface area (Å²) in [6, 6.07) is 7.68. The second-order valence-corrected chi connectivity index (χ2v) is 6.12. The average molecular weight is 257 g/mol. The molecule has 102 valence electrons. The zero-order valence-corrected chi connectivity index (χ0v) is 11.6. The molecule has 3 aliphatic heterocycles. The van der Waals surface area contributed by atoms with Gasteiger partial charge in [-0.05, 0) is 49.5 Å². The molecule has 2 saturated heterocycles. The number of benzene rings is 1. The van der Waals surface area contributed by atoms with Gasteiger partial charge in [-0.15, -0.1) is 0 Å². The standard InChI is InChI=1S/C16H23N3/c1-3-13-11-17-7-6-15(13)16(5-1)19-10-9-18-8-2-4-14(18)12-19/h1,3,5,14,17H,2,4,6-12H2/t14-/m1/s1. The molecule has 0 aliphatic carbocycles. The summed E-state index contributed by atoms with van der Waals surface area (Å²) in [5.41, 5.74) is 4.64. The first-order valence-electron chi connectivity index (χ1n) is 7.72. The minimum Gasteiger partial charge on any atom is -0.368 e. The average Bonchev–Trinajstić information content (AvgIpc) is 2.94. The van der Waals surface area contributed by atoms with Crippen molar-refractivity contribution in [2.45, 2.75) is 31.8 Å². The molecular formula is C16H23N3. The van der Waals surface area contributed by atoms with Crippen molar-refractivity contribution >= 4 is 5.69 Å². The van der Waals surface area contributed by atoms with E-state index in [2.05, 4.69) is 33.3 Å². The molecule has 19 heavy (non-hydrogen) atoms. The Morgan fingerprint density at radius 2 is 2.16 bits per heavy atom.